The van der Waals surface area contributed by atoms with Crippen LogP contribution >= 0.6 is 0 Å². The highest BCUT2D eigenvalue weighted by atomic mass is 16.6. The van der Waals surface area contributed by atoms with E-state index in [0.717, 1.165) is 50.4 Å². The number of nitrogens with zero attached hydrogens (tertiary/aromatic N) is 2. The van der Waals surface area contributed by atoms with Crippen LogP contribution in [0.3, 0.4) is 0 Å². The van der Waals surface area contributed by atoms with Crippen molar-refractivity contribution in [3.63, 3.8) is 0 Å². The molecule has 7 atom stereocenters. The zero-order valence-corrected chi connectivity index (χ0v) is 25.3. The first kappa shape index (κ1) is 27.7. The van der Waals surface area contributed by atoms with Gasteiger partial charge in [0, 0.05) is 23.0 Å². The highest BCUT2D eigenvalue weighted by Crippen LogP contribution is 2.65. The first-order valence-electron chi connectivity index (χ1n) is 15.9. The summed E-state index contributed by atoms with van der Waals surface area (Å²) in [5, 5.41) is 0. The second-order valence-corrected chi connectivity index (χ2v) is 14.6. The fraction of sp³-hybridized carbons (Fsp3) is 0.639. The van der Waals surface area contributed by atoms with E-state index in [1.54, 1.807) is 5.57 Å². The summed E-state index contributed by atoms with van der Waals surface area (Å²) in [7, 11) is 0. The number of allylic oxidation sites excluding steroid dienone is 5. The van der Waals surface area contributed by atoms with Crippen LogP contribution < -0.4 is 0 Å². The second kappa shape index (κ2) is 10.7. The third-order valence-corrected chi connectivity index (χ3v) is 10.6. The molecular weight excluding hydrogens is 492 g/mol. The number of hydrogen-bond donors (Lipinski definition) is 0. The fourth-order valence-corrected chi connectivity index (χ4v) is 8.48. The lowest BCUT2D eigenvalue weighted by Gasteiger charge is -2.38. The lowest BCUT2D eigenvalue weighted by molar-refractivity contribution is -0.160. The standard InChI is InChI=1S/C36H48N2O2/c1-23-9-8-11-33-36(22-31(23)36)21-30(28-15-12-25(19-24(28)2)20-27-10-6-7-18-37-27)29-16-13-26(14-17-32(29)38-33)34(39)40-35(3,4)5/h6-8,10-11,17-18,23-26,28,31H,9,12-16,19-22H2,1-5H3. The highest BCUT2D eigenvalue weighted by molar-refractivity contribution is 6.04. The monoisotopic (exact) mass is 540 g/mol. The first-order chi connectivity index (χ1) is 19.1. The van der Waals surface area contributed by atoms with Crippen molar-refractivity contribution in [3.8, 4) is 0 Å². The van der Waals surface area contributed by atoms with Crippen LogP contribution in [0.2, 0.25) is 0 Å². The van der Waals surface area contributed by atoms with Crippen molar-refractivity contribution in [1.29, 1.82) is 0 Å². The third kappa shape index (κ3) is 5.52. The topological polar surface area (TPSA) is 51.5 Å². The molecule has 0 aromatic carbocycles. The lowest BCUT2D eigenvalue weighted by Crippen LogP contribution is -2.29. The van der Waals surface area contributed by atoms with Crippen molar-refractivity contribution in [1.82, 2.24) is 4.98 Å². The summed E-state index contributed by atoms with van der Waals surface area (Å²) in [5.41, 5.74) is 6.62. The minimum Gasteiger partial charge on any atom is -0.460 e. The molecule has 0 radical (unpaired) electrons. The average Bonchev–Trinajstić information content (AvgIpc) is 3.68. The smallest absolute Gasteiger partial charge is 0.309 e. The summed E-state index contributed by atoms with van der Waals surface area (Å²) in [4.78, 5) is 23.2. The Morgan fingerprint density at radius 3 is 2.70 bits per heavy atom. The minimum atomic E-state index is -0.454. The Kier molecular flexibility index (Phi) is 7.42. The Morgan fingerprint density at radius 2 is 1.95 bits per heavy atom. The van der Waals surface area contributed by atoms with Gasteiger partial charge in [-0.3, -0.25) is 14.8 Å². The molecule has 214 valence electrons. The Labute approximate surface area is 241 Å². The van der Waals surface area contributed by atoms with Crippen LogP contribution in [0.25, 0.3) is 0 Å². The first-order valence-corrected chi connectivity index (χ1v) is 15.9. The Bertz CT molecular complexity index is 1250. The highest BCUT2D eigenvalue weighted by Gasteiger charge is 2.60. The lowest BCUT2D eigenvalue weighted by atomic mass is 9.67. The molecule has 4 nitrogen and oxygen atoms in total. The van der Waals surface area contributed by atoms with Crippen LogP contribution in [-0.2, 0) is 16.0 Å². The fourth-order valence-electron chi connectivity index (χ4n) is 8.48. The Hall–Kier alpha value is -2.49. The van der Waals surface area contributed by atoms with Gasteiger partial charge in [0.2, 0.25) is 0 Å². The number of rotatable bonds is 4. The zero-order valence-electron chi connectivity index (χ0n) is 25.3. The summed E-state index contributed by atoms with van der Waals surface area (Å²) < 4.78 is 5.83. The number of hydrogen-bond acceptors (Lipinski definition) is 4. The van der Waals surface area contributed by atoms with Gasteiger partial charge in [0.15, 0.2) is 0 Å². The van der Waals surface area contributed by atoms with E-state index < -0.39 is 5.60 Å². The van der Waals surface area contributed by atoms with E-state index in [2.05, 4.69) is 49.2 Å². The van der Waals surface area contributed by atoms with Crippen LogP contribution in [0.15, 0.2) is 64.5 Å². The molecule has 2 saturated carbocycles. The maximum atomic E-state index is 13.1. The van der Waals surface area contributed by atoms with E-state index in [0.29, 0.717) is 17.8 Å². The largest absolute Gasteiger partial charge is 0.460 e. The van der Waals surface area contributed by atoms with Crippen molar-refractivity contribution >= 4 is 11.7 Å². The number of esters is 1. The molecule has 1 spiro atoms. The van der Waals surface area contributed by atoms with Gasteiger partial charge in [0.1, 0.15) is 5.60 Å². The van der Waals surface area contributed by atoms with Gasteiger partial charge >= 0.3 is 5.97 Å². The van der Waals surface area contributed by atoms with Gasteiger partial charge < -0.3 is 4.74 Å². The summed E-state index contributed by atoms with van der Waals surface area (Å²) in [6, 6.07) is 6.31. The van der Waals surface area contributed by atoms with Crippen molar-refractivity contribution < 1.29 is 9.53 Å². The predicted molar refractivity (Wildman–Crippen MR) is 162 cm³/mol. The maximum absolute atomic E-state index is 13.1. The van der Waals surface area contributed by atoms with Crippen molar-refractivity contribution in [2.24, 2.45) is 45.9 Å². The van der Waals surface area contributed by atoms with Crippen LogP contribution in [0.4, 0.5) is 0 Å². The van der Waals surface area contributed by atoms with Crippen molar-refractivity contribution in [2.45, 2.75) is 104 Å². The quantitative estimate of drug-likeness (QED) is 0.360. The number of carbonyl (C=O) groups excluding carboxylic acids is 1. The van der Waals surface area contributed by atoms with Crippen molar-refractivity contribution in [3.05, 3.63) is 65.2 Å². The molecule has 40 heavy (non-hydrogen) atoms. The van der Waals surface area contributed by atoms with E-state index in [9.17, 15) is 4.79 Å². The zero-order chi connectivity index (χ0) is 28.1. The molecule has 1 aromatic rings. The van der Waals surface area contributed by atoms with E-state index in [4.69, 9.17) is 9.73 Å². The van der Waals surface area contributed by atoms with Crippen LogP contribution in [-0.4, -0.2) is 22.3 Å². The van der Waals surface area contributed by atoms with Gasteiger partial charge in [0.05, 0.1) is 11.6 Å². The molecular formula is C36H48N2O2. The summed E-state index contributed by atoms with van der Waals surface area (Å²) in [6.07, 6.45) is 19.9. The number of carbonyl (C=O) groups is 1. The molecule has 0 amide bonds. The molecule has 4 heteroatoms. The minimum absolute atomic E-state index is 0.0547. The van der Waals surface area contributed by atoms with Crippen LogP contribution in [0, 0.1) is 40.9 Å². The van der Waals surface area contributed by atoms with E-state index in [-0.39, 0.29) is 17.3 Å². The average molecular weight is 541 g/mol. The summed E-state index contributed by atoms with van der Waals surface area (Å²) in [6.45, 7) is 10.8. The van der Waals surface area contributed by atoms with E-state index in [1.807, 2.05) is 33.0 Å². The molecule has 1 aliphatic heterocycles. The number of aromatic nitrogens is 1. The van der Waals surface area contributed by atoms with Gasteiger partial charge in [-0.15, -0.1) is 0 Å². The molecule has 5 aliphatic rings. The molecule has 0 bridgehead atoms. The van der Waals surface area contributed by atoms with Gasteiger partial charge in [-0.05, 0) is 138 Å². The number of ether oxygens (including phenoxy) is 1. The third-order valence-electron chi connectivity index (χ3n) is 10.6. The van der Waals surface area contributed by atoms with E-state index >= 15 is 0 Å². The van der Waals surface area contributed by atoms with Gasteiger partial charge in [-0.2, -0.15) is 0 Å². The summed E-state index contributed by atoms with van der Waals surface area (Å²) >= 11 is 0. The maximum Gasteiger partial charge on any atom is 0.309 e. The number of pyridine rings is 1. The van der Waals surface area contributed by atoms with Gasteiger partial charge in [-0.25, -0.2) is 0 Å². The summed E-state index contributed by atoms with van der Waals surface area (Å²) in [5.74, 6) is 3.26. The molecule has 2 fully saturated rings. The molecule has 1 aromatic heterocycles. The number of aliphatic imine (C=N–C) groups is 1. The predicted octanol–water partition coefficient (Wildman–Crippen LogP) is 8.45. The second-order valence-electron chi connectivity index (χ2n) is 14.6. The Balaban J connectivity index is 1.31. The molecule has 0 N–H and O–H groups in total. The van der Waals surface area contributed by atoms with Gasteiger partial charge in [-0.1, -0.05) is 37.6 Å². The van der Waals surface area contributed by atoms with Crippen molar-refractivity contribution in [2.75, 3.05) is 0 Å². The van der Waals surface area contributed by atoms with E-state index in [1.165, 1.54) is 48.4 Å². The normalized spacial score (nSPS) is 35.6. The van der Waals surface area contributed by atoms with Gasteiger partial charge in [0.25, 0.3) is 0 Å². The number of fused-ring (bicyclic) bond motifs is 1. The molecule has 0 saturated heterocycles. The van der Waals surface area contributed by atoms with Crippen LogP contribution in [0.1, 0.15) is 98.1 Å². The molecule has 6 rings (SSSR count). The molecule has 7 unspecified atom stereocenters. The molecule has 4 aliphatic carbocycles. The molecule has 2 heterocycles. The SMILES string of the molecule is CC1CC(Cc2ccccn2)CCC1C1=C2CCC(C(=O)OC(C)(C)C)CC=C2N=C2C=CCC(C)C3CC23C1. The Morgan fingerprint density at radius 1 is 1.10 bits per heavy atom. The van der Waals surface area contributed by atoms with Crippen LogP contribution in [0.5, 0.6) is 0 Å².